The normalized spacial score (nSPS) is 15.7. The maximum absolute atomic E-state index is 11.4. The van der Waals surface area contributed by atoms with Gasteiger partial charge in [-0.25, -0.2) is 0 Å². The first kappa shape index (κ1) is 10.4. The highest BCUT2D eigenvalue weighted by Crippen LogP contribution is 2.14. The highest BCUT2D eigenvalue weighted by molar-refractivity contribution is 8.00. The summed E-state index contributed by atoms with van der Waals surface area (Å²) in [5.41, 5.74) is 1.53. The van der Waals surface area contributed by atoms with E-state index in [1.165, 1.54) is 33.5 Å². The van der Waals surface area contributed by atoms with Crippen LogP contribution in [0.3, 0.4) is 0 Å². The second-order valence-electron chi connectivity index (χ2n) is 2.86. The third kappa shape index (κ3) is 2.66. The molecule has 1 saturated heterocycles. The lowest BCUT2D eigenvalue weighted by atomic mass is 10.5. The summed E-state index contributed by atoms with van der Waals surface area (Å²) in [6, 6.07) is 0. The van der Waals surface area contributed by atoms with E-state index >= 15 is 0 Å². The van der Waals surface area contributed by atoms with Crippen LogP contribution in [0.2, 0.25) is 0 Å². The summed E-state index contributed by atoms with van der Waals surface area (Å²) in [5, 5.41) is 10.3. The van der Waals surface area contributed by atoms with E-state index in [1.807, 2.05) is 0 Å². The molecule has 15 heavy (non-hydrogen) atoms. The maximum Gasteiger partial charge on any atom is 0.245 e. The second kappa shape index (κ2) is 4.58. The minimum Gasteiger partial charge on any atom is -0.323 e. The summed E-state index contributed by atoms with van der Waals surface area (Å²) in [4.78, 5) is 24.2. The number of hydrogen-bond donors (Lipinski definition) is 1. The molecule has 8 heteroatoms. The fourth-order valence-corrected chi connectivity index (χ4v) is 2.47. The first-order valence-electron chi connectivity index (χ1n) is 4.17. The standard InChI is InChI=1S/C7H8N4O2S2/c12-5(9-7-10-8-3-15-7)1-11-4-14-2-6(11)13/h3H,1-2,4H2,(H,9,10,12). The summed E-state index contributed by atoms with van der Waals surface area (Å²) in [6.45, 7) is 0.0887. The molecular weight excluding hydrogens is 236 g/mol. The van der Waals surface area contributed by atoms with Gasteiger partial charge in [0.05, 0.1) is 11.6 Å². The van der Waals surface area contributed by atoms with Gasteiger partial charge in [0, 0.05) is 0 Å². The van der Waals surface area contributed by atoms with Gasteiger partial charge in [-0.05, 0) is 0 Å². The molecule has 0 spiro atoms. The highest BCUT2D eigenvalue weighted by atomic mass is 32.2. The van der Waals surface area contributed by atoms with Crippen molar-refractivity contribution in [2.75, 3.05) is 23.5 Å². The van der Waals surface area contributed by atoms with Crippen molar-refractivity contribution < 1.29 is 9.59 Å². The molecule has 0 bridgehead atoms. The van der Waals surface area contributed by atoms with Crippen LogP contribution in [0.5, 0.6) is 0 Å². The predicted octanol–water partition coefficient (Wildman–Crippen LogP) is 0.00950. The van der Waals surface area contributed by atoms with Gasteiger partial charge in [0.15, 0.2) is 0 Å². The number of carbonyl (C=O) groups is 2. The molecule has 0 aliphatic carbocycles. The molecule has 80 valence electrons. The molecular formula is C7H8N4O2S2. The van der Waals surface area contributed by atoms with Gasteiger partial charge in [0.1, 0.15) is 12.1 Å². The van der Waals surface area contributed by atoms with Gasteiger partial charge in [-0.2, -0.15) is 0 Å². The van der Waals surface area contributed by atoms with E-state index in [-0.39, 0.29) is 18.4 Å². The Morgan fingerprint density at radius 3 is 3.13 bits per heavy atom. The molecule has 1 aromatic rings. The third-order valence-electron chi connectivity index (χ3n) is 1.77. The zero-order chi connectivity index (χ0) is 10.7. The number of thioether (sulfide) groups is 1. The monoisotopic (exact) mass is 244 g/mol. The van der Waals surface area contributed by atoms with E-state index in [1.54, 1.807) is 0 Å². The van der Waals surface area contributed by atoms with Gasteiger partial charge >= 0.3 is 0 Å². The smallest absolute Gasteiger partial charge is 0.245 e. The van der Waals surface area contributed by atoms with E-state index in [2.05, 4.69) is 15.5 Å². The number of aromatic nitrogens is 2. The summed E-state index contributed by atoms with van der Waals surface area (Å²) in [7, 11) is 0. The van der Waals surface area contributed by atoms with Crippen LogP contribution in [0.1, 0.15) is 0 Å². The first-order chi connectivity index (χ1) is 7.25. The van der Waals surface area contributed by atoms with Crippen molar-refractivity contribution in [3.63, 3.8) is 0 Å². The SMILES string of the molecule is O=C(CN1CSCC1=O)Nc1nncs1. The number of anilines is 1. The van der Waals surface area contributed by atoms with Crippen molar-refractivity contribution in [1.29, 1.82) is 0 Å². The van der Waals surface area contributed by atoms with E-state index in [4.69, 9.17) is 0 Å². The quantitative estimate of drug-likeness (QED) is 0.810. The third-order valence-corrected chi connectivity index (χ3v) is 3.32. The molecule has 0 saturated carbocycles. The Labute approximate surface area is 94.1 Å². The van der Waals surface area contributed by atoms with Crippen LogP contribution in [-0.4, -0.2) is 45.1 Å². The Morgan fingerprint density at radius 1 is 1.67 bits per heavy atom. The lowest BCUT2D eigenvalue weighted by Gasteiger charge is -2.12. The Hall–Kier alpha value is -1.15. The fraction of sp³-hybridized carbons (Fsp3) is 0.429. The number of rotatable bonds is 3. The van der Waals surface area contributed by atoms with Gasteiger partial charge in [0.25, 0.3) is 0 Å². The molecule has 2 amide bonds. The van der Waals surface area contributed by atoms with Gasteiger partial charge in [0.2, 0.25) is 16.9 Å². The van der Waals surface area contributed by atoms with Crippen LogP contribution < -0.4 is 5.32 Å². The molecule has 0 radical (unpaired) electrons. The van der Waals surface area contributed by atoms with E-state index in [0.29, 0.717) is 16.8 Å². The van der Waals surface area contributed by atoms with E-state index in [0.717, 1.165) is 0 Å². The lowest BCUT2D eigenvalue weighted by molar-refractivity contribution is -0.130. The Bertz CT molecular complexity index is 367. The zero-order valence-corrected chi connectivity index (χ0v) is 9.31. The van der Waals surface area contributed by atoms with Gasteiger partial charge in [-0.15, -0.1) is 22.0 Å². The van der Waals surface area contributed by atoms with Gasteiger partial charge in [-0.1, -0.05) is 11.3 Å². The molecule has 1 aliphatic rings. The largest absolute Gasteiger partial charge is 0.323 e. The number of carbonyl (C=O) groups excluding carboxylic acids is 2. The minimum atomic E-state index is -0.234. The van der Waals surface area contributed by atoms with Crippen LogP contribution in [0.4, 0.5) is 5.13 Å². The average molecular weight is 244 g/mol. The van der Waals surface area contributed by atoms with Crippen molar-refractivity contribution in [3.8, 4) is 0 Å². The first-order valence-corrected chi connectivity index (χ1v) is 6.20. The van der Waals surface area contributed by atoms with E-state index < -0.39 is 0 Å². The molecule has 1 N–H and O–H groups in total. The van der Waals surface area contributed by atoms with Crippen LogP contribution in [-0.2, 0) is 9.59 Å². The topological polar surface area (TPSA) is 75.2 Å². The molecule has 0 unspecified atom stereocenters. The maximum atomic E-state index is 11.4. The predicted molar refractivity (Wildman–Crippen MR) is 57.6 cm³/mol. The van der Waals surface area contributed by atoms with Crippen molar-refractivity contribution in [1.82, 2.24) is 15.1 Å². The average Bonchev–Trinajstić information content (AvgIpc) is 2.79. The number of nitrogens with zero attached hydrogens (tertiary/aromatic N) is 3. The van der Waals surface area contributed by atoms with Gasteiger partial charge in [-0.3, -0.25) is 14.9 Å². The zero-order valence-electron chi connectivity index (χ0n) is 7.67. The molecule has 1 fully saturated rings. The molecule has 1 aromatic heterocycles. The van der Waals surface area contributed by atoms with E-state index in [9.17, 15) is 9.59 Å². The summed E-state index contributed by atoms with van der Waals surface area (Å²) in [6.07, 6.45) is 0. The lowest BCUT2D eigenvalue weighted by Crippen LogP contribution is -2.34. The number of amides is 2. The minimum absolute atomic E-state index is 0.00686. The van der Waals surface area contributed by atoms with Crippen LogP contribution in [0, 0.1) is 0 Å². The molecule has 2 rings (SSSR count). The molecule has 6 nitrogen and oxygen atoms in total. The van der Waals surface area contributed by atoms with Crippen molar-refractivity contribution in [2.24, 2.45) is 0 Å². The van der Waals surface area contributed by atoms with Gasteiger partial charge < -0.3 is 4.90 Å². The Morgan fingerprint density at radius 2 is 2.53 bits per heavy atom. The van der Waals surface area contributed by atoms with Crippen molar-refractivity contribution >= 4 is 40.0 Å². The highest BCUT2D eigenvalue weighted by Gasteiger charge is 2.22. The summed E-state index contributed by atoms with van der Waals surface area (Å²) in [5.74, 6) is 0.823. The molecule has 2 heterocycles. The number of nitrogens with one attached hydrogen (secondary N) is 1. The van der Waals surface area contributed by atoms with Crippen LogP contribution in [0.25, 0.3) is 0 Å². The van der Waals surface area contributed by atoms with Crippen LogP contribution in [0.15, 0.2) is 5.51 Å². The molecule has 1 aliphatic heterocycles. The van der Waals surface area contributed by atoms with Crippen LogP contribution >= 0.6 is 23.1 Å². The second-order valence-corrected chi connectivity index (χ2v) is 4.65. The number of hydrogen-bond acceptors (Lipinski definition) is 6. The van der Waals surface area contributed by atoms with Crippen molar-refractivity contribution in [2.45, 2.75) is 0 Å². The summed E-state index contributed by atoms with van der Waals surface area (Å²) < 4.78 is 0. The Kier molecular flexibility index (Phi) is 3.17. The fourth-order valence-electron chi connectivity index (χ4n) is 1.10. The molecule has 0 atom stereocenters. The van der Waals surface area contributed by atoms with Crippen molar-refractivity contribution in [3.05, 3.63) is 5.51 Å². The Balaban J connectivity index is 1.84. The summed E-state index contributed by atoms with van der Waals surface area (Å²) >= 11 is 2.76. The molecule has 0 aromatic carbocycles.